The van der Waals surface area contributed by atoms with Gasteiger partial charge < -0.3 is 0 Å². The average molecular weight is 136 g/mol. The molecule has 0 atom stereocenters. The van der Waals surface area contributed by atoms with Crippen molar-refractivity contribution in [2.45, 2.75) is 38.5 Å². The first-order valence-corrected chi connectivity index (χ1v) is 4.30. The molecule has 10 heavy (non-hydrogen) atoms. The molecule has 0 radical (unpaired) electrons. The number of hydrogen-bond donors (Lipinski definition) is 0. The Morgan fingerprint density at radius 2 is 0.800 bits per heavy atom. The topological polar surface area (TPSA) is 0 Å². The Morgan fingerprint density at radius 1 is 0.500 bits per heavy atom. The molecule has 0 saturated carbocycles. The quantitative estimate of drug-likeness (QED) is 0.447. The van der Waals surface area contributed by atoms with Crippen LogP contribution in [0.4, 0.5) is 0 Å². The lowest BCUT2D eigenvalue weighted by molar-refractivity contribution is 0.816. The van der Waals surface area contributed by atoms with Gasteiger partial charge in [-0.2, -0.15) is 0 Å². The SMILES string of the molecule is C1=C\CCC/C=C\CCC/1. The van der Waals surface area contributed by atoms with Gasteiger partial charge in [-0.15, -0.1) is 0 Å². The van der Waals surface area contributed by atoms with E-state index in [4.69, 9.17) is 0 Å². The highest BCUT2D eigenvalue weighted by Gasteiger charge is 1.85. The van der Waals surface area contributed by atoms with Crippen molar-refractivity contribution in [3.05, 3.63) is 24.3 Å². The molecule has 0 spiro atoms. The summed E-state index contributed by atoms with van der Waals surface area (Å²) in [7, 11) is 0. The summed E-state index contributed by atoms with van der Waals surface area (Å²) in [6.07, 6.45) is 17.0. The molecule has 0 unspecified atom stereocenters. The molecule has 1 aliphatic rings. The highest BCUT2D eigenvalue weighted by molar-refractivity contribution is 4.88. The highest BCUT2D eigenvalue weighted by atomic mass is 13.9. The van der Waals surface area contributed by atoms with Crippen LogP contribution >= 0.6 is 0 Å². The molecule has 0 nitrogen and oxygen atoms in total. The Kier molecular flexibility index (Phi) is 4.00. The van der Waals surface area contributed by atoms with E-state index in [-0.39, 0.29) is 0 Å². The zero-order valence-electron chi connectivity index (χ0n) is 6.55. The minimum Gasteiger partial charge on any atom is -0.0885 e. The first-order valence-electron chi connectivity index (χ1n) is 4.30. The summed E-state index contributed by atoms with van der Waals surface area (Å²) in [4.78, 5) is 0. The summed E-state index contributed by atoms with van der Waals surface area (Å²) in [5.74, 6) is 0. The van der Waals surface area contributed by atoms with Crippen molar-refractivity contribution in [2.24, 2.45) is 0 Å². The first kappa shape index (κ1) is 7.59. The zero-order chi connectivity index (χ0) is 7.07. The Morgan fingerprint density at radius 3 is 1.10 bits per heavy atom. The summed E-state index contributed by atoms with van der Waals surface area (Å²) in [5, 5.41) is 0. The molecule has 1 rings (SSSR count). The molecule has 0 bridgehead atoms. The van der Waals surface area contributed by atoms with E-state index in [0.717, 1.165) is 0 Å². The third kappa shape index (κ3) is 3.49. The first-order chi connectivity index (χ1) is 5.00. The van der Waals surface area contributed by atoms with Gasteiger partial charge in [0.1, 0.15) is 0 Å². The number of allylic oxidation sites excluding steroid dienone is 4. The molecule has 1 aliphatic carbocycles. The van der Waals surface area contributed by atoms with E-state index in [0.29, 0.717) is 0 Å². The van der Waals surface area contributed by atoms with E-state index >= 15 is 0 Å². The fraction of sp³-hybridized carbons (Fsp3) is 0.600. The van der Waals surface area contributed by atoms with Gasteiger partial charge in [0, 0.05) is 0 Å². The zero-order valence-corrected chi connectivity index (χ0v) is 6.55. The average Bonchev–Trinajstić information content (AvgIpc) is 2.01. The standard InChI is InChI=1S/C10H16/c1-2-4-6-8-10-9-7-5-3-1/h1-2,9-10H,3-8H2/b2-1-,10-9-. The molecule has 0 heteroatoms. The summed E-state index contributed by atoms with van der Waals surface area (Å²) in [6.45, 7) is 0. The summed E-state index contributed by atoms with van der Waals surface area (Å²) in [5.41, 5.74) is 0. The third-order valence-electron chi connectivity index (χ3n) is 1.82. The molecule has 0 amide bonds. The van der Waals surface area contributed by atoms with Crippen molar-refractivity contribution < 1.29 is 0 Å². The van der Waals surface area contributed by atoms with E-state index in [9.17, 15) is 0 Å². The molecule has 0 aromatic rings. The Hall–Kier alpha value is -0.520. The monoisotopic (exact) mass is 136 g/mol. The molecule has 0 aromatic heterocycles. The van der Waals surface area contributed by atoms with E-state index in [1.165, 1.54) is 38.5 Å². The predicted octanol–water partition coefficient (Wildman–Crippen LogP) is 3.45. The van der Waals surface area contributed by atoms with Crippen molar-refractivity contribution >= 4 is 0 Å². The fourth-order valence-corrected chi connectivity index (χ4v) is 1.18. The van der Waals surface area contributed by atoms with Gasteiger partial charge in [0.25, 0.3) is 0 Å². The summed E-state index contributed by atoms with van der Waals surface area (Å²) < 4.78 is 0. The lowest BCUT2D eigenvalue weighted by Gasteiger charge is -1.95. The van der Waals surface area contributed by atoms with Gasteiger partial charge in [0.15, 0.2) is 0 Å². The largest absolute Gasteiger partial charge is 0.0885 e. The smallest absolute Gasteiger partial charge is 0.0348 e. The van der Waals surface area contributed by atoms with Gasteiger partial charge in [0.05, 0.1) is 0 Å². The maximum atomic E-state index is 2.32. The van der Waals surface area contributed by atoms with Gasteiger partial charge >= 0.3 is 0 Å². The number of rotatable bonds is 0. The van der Waals surface area contributed by atoms with E-state index in [2.05, 4.69) is 24.3 Å². The lowest BCUT2D eigenvalue weighted by atomic mass is 10.1. The molecular weight excluding hydrogens is 120 g/mol. The van der Waals surface area contributed by atoms with Crippen LogP contribution in [0.25, 0.3) is 0 Å². The Labute approximate surface area is 63.6 Å². The minimum atomic E-state index is 1.27. The summed E-state index contributed by atoms with van der Waals surface area (Å²) in [6, 6.07) is 0. The molecular formula is C10H16. The van der Waals surface area contributed by atoms with E-state index in [1.54, 1.807) is 0 Å². The second-order valence-corrected chi connectivity index (χ2v) is 2.80. The van der Waals surface area contributed by atoms with Crippen LogP contribution in [0.15, 0.2) is 24.3 Å². The normalized spacial score (nSPS) is 27.2. The second kappa shape index (κ2) is 5.28. The van der Waals surface area contributed by atoms with Gasteiger partial charge in [-0.3, -0.25) is 0 Å². The molecule has 0 heterocycles. The maximum Gasteiger partial charge on any atom is -0.0348 e. The van der Waals surface area contributed by atoms with Crippen molar-refractivity contribution in [3.8, 4) is 0 Å². The van der Waals surface area contributed by atoms with Crippen LogP contribution in [0, 0.1) is 0 Å². The van der Waals surface area contributed by atoms with Crippen molar-refractivity contribution in [3.63, 3.8) is 0 Å². The van der Waals surface area contributed by atoms with Gasteiger partial charge in [-0.05, 0) is 38.5 Å². The number of hydrogen-bond acceptors (Lipinski definition) is 0. The van der Waals surface area contributed by atoms with Crippen molar-refractivity contribution in [1.82, 2.24) is 0 Å². The molecule has 0 saturated heterocycles. The Balaban J connectivity index is 2.22. The maximum absolute atomic E-state index is 2.32. The molecule has 0 fully saturated rings. The van der Waals surface area contributed by atoms with Crippen LogP contribution in [0.5, 0.6) is 0 Å². The minimum absolute atomic E-state index is 1.27. The van der Waals surface area contributed by atoms with E-state index < -0.39 is 0 Å². The van der Waals surface area contributed by atoms with Gasteiger partial charge in [-0.1, -0.05) is 24.3 Å². The van der Waals surface area contributed by atoms with Crippen LogP contribution in [-0.4, -0.2) is 0 Å². The second-order valence-electron chi connectivity index (χ2n) is 2.80. The van der Waals surface area contributed by atoms with Crippen LogP contribution in [0.2, 0.25) is 0 Å². The summed E-state index contributed by atoms with van der Waals surface area (Å²) >= 11 is 0. The van der Waals surface area contributed by atoms with Crippen molar-refractivity contribution in [1.29, 1.82) is 0 Å². The third-order valence-corrected chi connectivity index (χ3v) is 1.82. The van der Waals surface area contributed by atoms with Crippen LogP contribution in [0.1, 0.15) is 38.5 Å². The lowest BCUT2D eigenvalue weighted by Crippen LogP contribution is -1.75. The van der Waals surface area contributed by atoms with Crippen LogP contribution < -0.4 is 0 Å². The van der Waals surface area contributed by atoms with Crippen LogP contribution in [0.3, 0.4) is 0 Å². The van der Waals surface area contributed by atoms with E-state index in [1.807, 2.05) is 0 Å². The Bertz CT molecular complexity index is 92.0. The van der Waals surface area contributed by atoms with Gasteiger partial charge in [-0.25, -0.2) is 0 Å². The molecule has 0 aliphatic heterocycles. The van der Waals surface area contributed by atoms with Crippen molar-refractivity contribution in [2.75, 3.05) is 0 Å². The fourth-order valence-electron chi connectivity index (χ4n) is 1.18. The predicted molar refractivity (Wildman–Crippen MR) is 46.0 cm³/mol. The molecule has 56 valence electrons. The molecule has 0 aromatic carbocycles. The highest BCUT2D eigenvalue weighted by Crippen LogP contribution is 2.05. The molecule has 0 N–H and O–H groups in total. The van der Waals surface area contributed by atoms with Crippen LogP contribution in [-0.2, 0) is 0 Å². The van der Waals surface area contributed by atoms with Gasteiger partial charge in [0.2, 0.25) is 0 Å².